The van der Waals surface area contributed by atoms with E-state index in [1.165, 1.54) is 12.3 Å². The number of fused-ring (bicyclic) bond motifs is 1. The van der Waals surface area contributed by atoms with Gasteiger partial charge < -0.3 is 4.74 Å². The Kier molecular flexibility index (Phi) is 5.19. The van der Waals surface area contributed by atoms with Crippen molar-refractivity contribution in [3.63, 3.8) is 0 Å². The van der Waals surface area contributed by atoms with E-state index >= 15 is 0 Å². The fourth-order valence-corrected chi connectivity index (χ4v) is 2.43. The van der Waals surface area contributed by atoms with E-state index in [9.17, 15) is 14.9 Å². The fourth-order valence-electron chi connectivity index (χ4n) is 2.43. The van der Waals surface area contributed by atoms with Crippen LogP contribution in [0.3, 0.4) is 0 Å². The zero-order chi connectivity index (χ0) is 18.4. The molecule has 130 valence electrons. The number of carbonyl (C=O) groups is 1. The second kappa shape index (κ2) is 7.89. The lowest BCUT2D eigenvalue weighted by Crippen LogP contribution is -2.24. The fraction of sp³-hybridized carbons (Fsp3) is 0.0526. The summed E-state index contributed by atoms with van der Waals surface area (Å²) >= 11 is 0. The molecule has 3 aromatic rings. The first-order chi connectivity index (χ1) is 12.6. The number of nitro groups is 1. The molecule has 26 heavy (non-hydrogen) atoms. The molecule has 0 fully saturated rings. The Morgan fingerprint density at radius 2 is 1.81 bits per heavy atom. The normalized spacial score (nSPS) is 10.8. The summed E-state index contributed by atoms with van der Waals surface area (Å²) in [6, 6.07) is 19.4. The Morgan fingerprint density at radius 3 is 2.65 bits per heavy atom. The zero-order valence-electron chi connectivity index (χ0n) is 13.7. The van der Waals surface area contributed by atoms with Crippen molar-refractivity contribution in [3.05, 3.63) is 82.4 Å². The summed E-state index contributed by atoms with van der Waals surface area (Å²) in [6.07, 6.45) is 1.23. The smallest absolute Gasteiger partial charge is 0.278 e. The van der Waals surface area contributed by atoms with Gasteiger partial charge in [0.25, 0.3) is 11.6 Å². The third-order valence-electron chi connectivity index (χ3n) is 3.63. The highest BCUT2D eigenvalue weighted by Crippen LogP contribution is 2.24. The number of nitrogens with one attached hydrogen (secondary N) is 1. The summed E-state index contributed by atoms with van der Waals surface area (Å²) in [5, 5.41) is 16.6. The summed E-state index contributed by atoms with van der Waals surface area (Å²) in [7, 11) is 0. The number of hydrazone groups is 1. The van der Waals surface area contributed by atoms with Crippen LogP contribution >= 0.6 is 0 Å². The second-order valence-electron chi connectivity index (χ2n) is 5.38. The molecule has 0 unspecified atom stereocenters. The van der Waals surface area contributed by atoms with Crippen LogP contribution in [-0.4, -0.2) is 23.7 Å². The molecule has 3 rings (SSSR count). The summed E-state index contributed by atoms with van der Waals surface area (Å²) in [6.45, 7) is -0.220. The van der Waals surface area contributed by atoms with Gasteiger partial charge in [0.1, 0.15) is 5.75 Å². The maximum atomic E-state index is 11.9. The van der Waals surface area contributed by atoms with Crippen molar-refractivity contribution >= 4 is 28.6 Å². The highest BCUT2D eigenvalue weighted by Gasteiger charge is 2.10. The maximum absolute atomic E-state index is 11.9. The molecule has 3 aromatic carbocycles. The van der Waals surface area contributed by atoms with Gasteiger partial charge in [0.2, 0.25) is 0 Å². The largest absolute Gasteiger partial charge is 0.483 e. The van der Waals surface area contributed by atoms with Crippen molar-refractivity contribution in [2.24, 2.45) is 5.10 Å². The number of nitro benzene ring substituents is 1. The van der Waals surface area contributed by atoms with Crippen LogP contribution in [0.4, 0.5) is 5.69 Å². The number of nitrogens with zero attached hydrogens (tertiary/aromatic N) is 2. The van der Waals surface area contributed by atoms with E-state index in [0.29, 0.717) is 11.3 Å². The molecule has 7 nitrogen and oxygen atoms in total. The van der Waals surface area contributed by atoms with Crippen molar-refractivity contribution in [3.8, 4) is 5.75 Å². The van der Waals surface area contributed by atoms with Crippen LogP contribution in [0, 0.1) is 10.1 Å². The number of hydrogen-bond acceptors (Lipinski definition) is 5. The molecule has 0 aliphatic carbocycles. The van der Waals surface area contributed by atoms with Gasteiger partial charge in [0, 0.05) is 11.5 Å². The molecule has 0 heterocycles. The van der Waals surface area contributed by atoms with E-state index in [1.807, 2.05) is 36.4 Å². The highest BCUT2D eigenvalue weighted by molar-refractivity contribution is 5.89. The average Bonchev–Trinajstić information content (AvgIpc) is 2.66. The second-order valence-corrected chi connectivity index (χ2v) is 5.38. The van der Waals surface area contributed by atoms with Crippen molar-refractivity contribution in [2.45, 2.75) is 0 Å². The van der Waals surface area contributed by atoms with Crippen LogP contribution in [0.1, 0.15) is 5.56 Å². The number of amides is 1. The Morgan fingerprint density at radius 1 is 1.08 bits per heavy atom. The lowest BCUT2D eigenvalue weighted by molar-refractivity contribution is -0.385. The first kappa shape index (κ1) is 17.1. The molecule has 0 aromatic heterocycles. The zero-order valence-corrected chi connectivity index (χ0v) is 13.7. The highest BCUT2D eigenvalue weighted by atomic mass is 16.6. The van der Waals surface area contributed by atoms with E-state index in [0.717, 1.165) is 10.8 Å². The van der Waals surface area contributed by atoms with Gasteiger partial charge in [0.15, 0.2) is 6.61 Å². The van der Waals surface area contributed by atoms with Crippen molar-refractivity contribution < 1.29 is 14.5 Å². The quantitative estimate of drug-likeness (QED) is 0.420. The van der Waals surface area contributed by atoms with E-state index in [4.69, 9.17) is 4.74 Å². The van der Waals surface area contributed by atoms with Crippen LogP contribution in [0.5, 0.6) is 5.75 Å². The standard InChI is InChI=1S/C19H15N3O4/c23-19(21-20-12-15-7-2-4-10-17(15)22(24)25)13-26-18-11-5-8-14-6-1-3-9-16(14)18/h1-12H,13H2,(H,21,23). The van der Waals surface area contributed by atoms with Crippen LogP contribution < -0.4 is 10.2 Å². The summed E-state index contributed by atoms with van der Waals surface area (Å²) in [5.74, 6) is 0.133. The first-order valence-corrected chi connectivity index (χ1v) is 7.81. The minimum atomic E-state index is -0.507. The molecule has 0 saturated carbocycles. The van der Waals surface area contributed by atoms with Gasteiger partial charge in [-0.1, -0.05) is 48.5 Å². The molecular formula is C19H15N3O4. The van der Waals surface area contributed by atoms with E-state index in [-0.39, 0.29) is 12.3 Å². The number of benzene rings is 3. The number of para-hydroxylation sites is 1. The van der Waals surface area contributed by atoms with Gasteiger partial charge in [-0.2, -0.15) is 5.10 Å². The molecule has 7 heteroatoms. The van der Waals surface area contributed by atoms with E-state index < -0.39 is 10.8 Å². The first-order valence-electron chi connectivity index (χ1n) is 7.81. The van der Waals surface area contributed by atoms with Crippen LogP contribution in [0.2, 0.25) is 0 Å². The summed E-state index contributed by atoms with van der Waals surface area (Å²) < 4.78 is 5.55. The molecule has 0 aliphatic rings. The summed E-state index contributed by atoms with van der Waals surface area (Å²) in [4.78, 5) is 22.3. The number of rotatable bonds is 6. The Hall–Kier alpha value is -3.74. The van der Waals surface area contributed by atoms with Gasteiger partial charge in [-0.25, -0.2) is 5.43 Å². The molecule has 1 amide bonds. The van der Waals surface area contributed by atoms with Gasteiger partial charge in [-0.05, 0) is 17.5 Å². The van der Waals surface area contributed by atoms with Crippen molar-refractivity contribution in [1.29, 1.82) is 0 Å². The molecule has 0 spiro atoms. The van der Waals surface area contributed by atoms with E-state index in [1.54, 1.807) is 24.3 Å². The van der Waals surface area contributed by atoms with Crippen LogP contribution in [-0.2, 0) is 4.79 Å². The van der Waals surface area contributed by atoms with Crippen molar-refractivity contribution in [1.82, 2.24) is 5.43 Å². The van der Waals surface area contributed by atoms with Crippen molar-refractivity contribution in [2.75, 3.05) is 6.61 Å². The molecule has 0 bridgehead atoms. The molecule has 1 N–H and O–H groups in total. The minimum absolute atomic E-state index is 0.0856. The van der Waals surface area contributed by atoms with E-state index in [2.05, 4.69) is 10.5 Å². The SMILES string of the molecule is O=C(COc1cccc2ccccc12)NN=Cc1ccccc1[N+](=O)[O-]. The minimum Gasteiger partial charge on any atom is -0.483 e. The van der Waals surface area contributed by atoms with Gasteiger partial charge in [-0.3, -0.25) is 14.9 Å². The molecule has 0 aliphatic heterocycles. The van der Waals surface area contributed by atoms with Crippen LogP contribution in [0.25, 0.3) is 10.8 Å². The Balaban J connectivity index is 1.60. The lowest BCUT2D eigenvalue weighted by Gasteiger charge is -2.08. The molecular weight excluding hydrogens is 334 g/mol. The van der Waals surface area contributed by atoms with Gasteiger partial charge in [0.05, 0.1) is 16.7 Å². The third-order valence-corrected chi connectivity index (χ3v) is 3.63. The summed E-state index contributed by atoms with van der Waals surface area (Å²) in [5.41, 5.74) is 2.51. The van der Waals surface area contributed by atoms with Gasteiger partial charge in [-0.15, -0.1) is 0 Å². The third kappa shape index (κ3) is 4.02. The molecule has 0 atom stereocenters. The predicted molar refractivity (Wildman–Crippen MR) is 98.3 cm³/mol. The molecule has 0 saturated heterocycles. The van der Waals surface area contributed by atoms with Crippen LogP contribution in [0.15, 0.2) is 71.8 Å². The number of carbonyl (C=O) groups excluding carboxylic acids is 1. The topological polar surface area (TPSA) is 93.8 Å². The predicted octanol–water partition coefficient (Wildman–Crippen LogP) is 3.28. The lowest BCUT2D eigenvalue weighted by atomic mass is 10.1. The Bertz CT molecular complexity index is 980. The number of ether oxygens (including phenoxy) is 1. The monoisotopic (exact) mass is 349 g/mol. The maximum Gasteiger partial charge on any atom is 0.278 e. The Labute approximate surface area is 149 Å². The molecule has 0 radical (unpaired) electrons. The van der Waals surface area contributed by atoms with Gasteiger partial charge >= 0.3 is 0 Å². The number of hydrogen-bond donors (Lipinski definition) is 1. The average molecular weight is 349 g/mol.